The Morgan fingerprint density at radius 2 is 1.84 bits per heavy atom. The summed E-state index contributed by atoms with van der Waals surface area (Å²) < 4.78 is 10.7. The second-order valence-corrected chi connectivity index (χ2v) is 4.20. The van der Waals surface area contributed by atoms with E-state index >= 15 is 0 Å². The Hall–Kier alpha value is -1.67. The predicted molar refractivity (Wildman–Crippen MR) is 70.0 cm³/mol. The lowest BCUT2D eigenvalue weighted by atomic mass is 10.4. The summed E-state index contributed by atoms with van der Waals surface area (Å²) in [4.78, 5) is 14.4. The molecule has 3 N–H and O–H groups in total. The summed E-state index contributed by atoms with van der Waals surface area (Å²) in [6, 6.07) is 0.437. The minimum absolute atomic E-state index is 0.210. The molecular formula is C11H20N6O2. The van der Waals surface area contributed by atoms with E-state index < -0.39 is 0 Å². The number of ether oxygens (including phenoxy) is 2. The van der Waals surface area contributed by atoms with Crippen molar-refractivity contribution in [1.82, 2.24) is 19.9 Å². The number of nitrogens with one attached hydrogen (secondary N) is 1. The van der Waals surface area contributed by atoms with Gasteiger partial charge in [-0.25, -0.2) is 5.84 Å². The van der Waals surface area contributed by atoms with Gasteiger partial charge in [0.15, 0.2) is 0 Å². The van der Waals surface area contributed by atoms with Crippen LogP contribution in [0.25, 0.3) is 0 Å². The first kappa shape index (κ1) is 13.8. The molecular weight excluding hydrogens is 248 g/mol. The molecule has 0 radical (unpaired) electrons. The molecule has 1 saturated heterocycles. The quantitative estimate of drug-likeness (QED) is 0.528. The van der Waals surface area contributed by atoms with Gasteiger partial charge < -0.3 is 9.47 Å². The van der Waals surface area contributed by atoms with Gasteiger partial charge in [-0.05, 0) is 32.9 Å². The van der Waals surface area contributed by atoms with Crippen molar-refractivity contribution in [2.45, 2.75) is 19.8 Å². The number of nitrogens with zero attached hydrogens (tertiary/aromatic N) is 4. The molecule has 8 heteroatoms. The molecule has 0 atom stereocenters. The molecule has 106 valence electrons. The molecule has 1 fully saturated rings. The van der Waals surface area contributed by atoms with Crippen molar-refractivity contribution in [3.05, 3.63) is 0 Å². The molecule has 0 aromatic carbocycles. The first-order valence-corrected chi connectivity index (χ1v) is 6.52. The fourth-order valence-electron chi connectivity index (χ4n) is 1.93. The zero-order chi connectivity index (χ0) is 13.5. The first-order chi connectivity index (χ1) is 9.31. The van der Waals surface area contributed by atoms with Crippen molar-refractivity contribution >= 4 is 5.95 Å². The molecule has 0 bridgehead atoms. The van der Waals surface area contributed by atoms with Gasteiger partial charge in [0.25, 0.3) is 0 Å². The summed E-state index contributed by atoms with van der Waals surface area (Å²) >= 11 is 0. The summed E-state index contributed by atoms with van der Waals surface area (Å²) in [7, 11) is 0. The highest BCUT2D eigenvalue weighted by Crippen LogP contribution is 2.12. The first-order valence-electron chi connectivity index (χ1n) is 6.52. The molecule has 0 spiro atoms. The van der Waals surface area contributed by atoms with E-state index in [1.165, 1.54) is 12.8 Å². The second kappa shape index (κ2) is 7.05. The maximum atomic E-state index is 5.52. The third-order valence-corrected chi connectivity index (χ3v) is 2.83. The average Bonchev–Trinajstić information content (AvgIpc) is 2.92. The van der Waals surface area contributed by atoms with Crippen molar-refractivity contribution in [3.63, 3.8) is 0 Å². The van der Waals surface area contributed by atoms with Gasteiger partial charge in [-0.2, -0.15) is 9.97 Å². The predicted octanol–water partition coefficient (Wildman–Crippen LogP) is 0.0305. The van der Waals surface area contributed by atoms with Crippen LogP contribution in [0.2, 0.25) is 0 Å². The minimum atomic E-state index is 0.210. The summed E-state index contributed by atoms with van der Waals surface area (Å²) in [6.45, 7) is 6.02. The molecule has 8 nitrogen and oxygen atoms in total. The Morgan fingerprint density at radius 1 is 1.16 bits per heavy atom. The van der Waals surface area contributed by atoms with E-state index in [0.717, 1.165) is 19.6 Å². The maximum absolute atomic E-state index is 5.52. The topological polar surface area (TPSA) is 98.4 Å². The standard InChI is InChI=1S/C11H20N6O2/c1-2-18-10-13-9(16-12)14-11(15-10)19-8-7-17-5-3-4-6-17/h2-8,12H2,1H3,(H,13,14,15,16). The SMILES string of the molecule is CCOc1nc(NN)nc(OCCN2CCCC2)n1. The van der Waals surface area contributed by atoms with Crippen LogP contribution in [0, 0.1) is 0 Å². The number of hydrogen-bond acceptors (Lipinski definition) is 8. The average molecular weight is 268 g/mol. The van der Waals surface area contributed by atoms with E-state index in [0.29, 0.717) is 13.2 Å². The van der Waals surface area contributed by atoms with Crippen LogP contribution in [-0.4, -0.2) is 52.7 Å². The van der Waals surface area contributed by atoms with Crippen LogP contribution < -0.4 is 20.7 Å². The van der Waals surface area contributed by atoms with Crippen LogP contribution in [0.3, 0.4) is 0 Å². The van der Waals surface area contributed by atoms with Crippen LogP contribution in [0.15, 0.2) is 0 Å². The molecule has 1 aromatic rings. The normalized spacial score (nSPS) is 15.5. The Morgan fingerprint density at radius 3 is 2.47 bits per heavy atom. The fraction of sp³-hybridized carbons (Fsp3) is 0.727. The molecule has 1 aliphatic heterocycles. The molecule has 2 rings (SSSR count). The number of likely N-dealkylation sites (tertiary alicyclic amines) is 1. The Labute approximate surface area is 112 Å². The highest BCUT2D eigenvalue weighted by atomic mass is 16.5. The minimum Gasteiger partial charge on any atom is -0.464 e. The van der Waals surface area contributed by atoms with Gasteiger partial charge in [0.05, 0.1) is 6.61 Å². The molecule has 0 saturated carbocycles. The Kier molecular flexibility index (Phi) is 5.10. The Balaban J connectivity index is 1.88. The lowest BCUT2D eigenvalue weighted by Crippen LogP contribution is -2.25. The molecule has 2 heterocycles. The lowest BCUT2D eigenvalue weighted by molar-refractivity contribution is 0.220. The molecule has 0 unspecified atom stereocenters. The number of aromatic nitrogens is 3. The fourth-order valence-corrected chi connectivity index (χ4v) is 1.93. The lowest BCUT2D eigenvalue weighted by Gasteiger charge is -2.14. The molecule has 1 aliphatic rings. The van der Waals surface area contributed by atoms with Gasteiger partial charge in [0.1, 0.15) is 6.61 Å². The summed E-state index contributed by atoms with van der Waals surface area (Å²) in [6.07, 6.45) is 2.53. The third-order valence-electron chi connectivity index (χ3n) is 2.83. The second-order valence-electron chi connectivity index (χ2n) is 4.20. The summed E-state index contributed by atoms with van der Waals surface area (Å²) in [5, 5.41) is 0. The van der Waals surface area contributed by atoms with Crippen molar-refractivity contribution < 1.29 is 9.47 Å². The van der Waals surface area contributed by atoms with Crippen LogP contribution in [0.4, 0.5) is 5.95 Å². The number of hydrazine groups is 1. The molecule has 0 aliphatic carbocycles. The van der Waals surface area contributed by atoms with Gasteiger partial charge in [-0.1, -0.05) is 0 Å². The van der Waals surface area contributed by atoms with Gasteiger partial charge in [-0.15, -0.1) is 4.98 Å². The van der Waals surface area contributed by atoms with Crippen LogP contribution in [0.5, 0.6) is 12.0 Å². The summed E-state index contributed by atoms with van der Waals surface area (Å²) in [5.41, 5.74) is 2.37. The van der Waals surface area contributed by atoms with E-state index in [1.54, 1.807) is 0 Å². The van der Waals surface area contributed by atoms with E-state index in [-0.39, 0.29) is 18.0 Å². The molecule has 19 heavy (non-hydrogen) atoms. The molecule has 0 amide bonds. The monoisotopic (exact) mass is 268 g/mol. The zero-order valence-corrected chi connectivity index (χ0v) is 11.1. The summed E-state index contributed by atoms with van der Waals surface area (Å²) in [5.74, 6) is 5.52. The van der Waals surface area contributed by atoms with Crippen molar-refractivity contribution in [1.29, 1.82) is 0 Å². The number of nitrogen functional groups attached to an aromatic ring is 1. The van der Waals surface area contributed by atoms with E-state index in [9.17, 15) is 0 Å². The van der Waals surface area contributed by atoms with Crippen LogP contribution in [-0.2, 0) is 0 Å². The van der Waals surface area contributed by atoms with Crippen molar-refractivity contribution in [2.24, 2.45) is 5.84 Å². The largest absolute Gasteiger partial charge is 0.464 e. The van der Waals surface area contributed by atoms with E-state index in [1.807, 2.05) is 6.92 Å². The van der Waals surface area contributed by atoms with Crippen molar-refractivity contribution in [2.75, 3.05) is 38.3 Å². The van der Waals surface area contributed by atoms with Crippen LogP contribution >= 0.6 is 0 Å². The molecule has 1 aromatic heterocycles. The van der Waals surface area contributed by atoms with E-state index in [2.05, 4.69) is 25.3 Å². The number of rotatable bonds is 7. The smallest absolute Gasteiger partial charge is 0.324 e. The number of anilines is 1. The highest BCUT2D eigenvalue weighted by molar-refractivity contribution is 5.25. The van der Waals surface area contributed by atoms with Gasteiger partial charge in [0.2, 0.25) is 5.95 Å². The zero-order valence-electron chi connectivity index (χ0n) is 11.1. The van der Waals surface area contributed by atoms with Crippen LogP contribution in [0.1, 0.15) is 19.8 Å². The third kappa shape index (κ3) is 4.18. The number of hydrogen-bond donors (Lipinski definition) is 2. The highest BCUT2D eigenvalue weighted by Gasteiger charge is 2.12. The Bertz CT molecular complexity index is 397. The van der Waals surface area contributed by atoms with Gasteiger partial charge >= 0.3 is 12.0 Å². The number of nitrogens with two attached hydrogens (primary N) is 1. The van der Waals surface area contributed by atoms with Gasteiger partial charge in [-0.3, -0.25) is 10.3 Å². The van der Waals surface area contributed by atoms with E-state index in [4.69, 9.17) is 15.3 Å². The van der Waals surface area contributed by atoms with Gasteiger partial charge in [0, 0.05) is 6.54 Å². The maximum Gasteiger partial charge on any atom is 0.324 e. The van der Waals surface area contributed by atoms with Crippen molar-refractivity contribution in [3.8, 4) is 12.0 Å².